The third-order valence-corrected chi connectivity index (χ3v) is 2.99. The molecule has 0 aliphatic heterocycles. The van der Waals surface area contributed by atoms with Crippen LogP contribution in [0.15, 0.2) is 42.7 Å². The molecule has 0 aliphatic carbocycles. The van der Waals surface area contributed by atoms with Crippen molar-refractivity contribution in [1.82, 2.24) is 15.3 Å². The fourth-order valence-corrected chi connectivity index (χ4v) is 1.88. The van der Waals surface area contributed by atoms with Crippen LogP contribution in [-0.4, -0.2) is 39.9 Å². The van der Waals surface area contributed by atoms with Crippen molar-refractivity contribution in [3.8, 4) is 17.1 Å². The molecular weight excluding hydrogens is 278 g/mol. The number of aliphatic hydroxyl groups excluding tert-OH is 1. The molecule has 118 valence electrons. The van der Waals surface area contributed by atoms with Crippen molar-refractivity contribution in [2.45, 2.75) is 32.4 Å². The number of benzene rings is 1. The Balaban J connectivity index is 1.99. The molecule has 0 fully saturated rings. The van der Waals surface area contributed by atoms with Crippen LogP contribution >= 0.6 is 0 Å². The Morgan fingerprint density at radius 2 is 1.82 bits per heavy atom. The van der Waals surface area contributed by atoms with Crippen LogP contribution in [0.3, 0.4) is 0 Å². The normalized spacial score (nSPS) is 12.9. The topological polar surface area (TPSA) is 67.3 Å². The Kier molecular flexibility index (Phi) is 5.46. The van der Waals surface area contributed by atoms with Gasteiger partial charge in [0, 0.05) is 30.0 Å². The van der Waals surface area contributed by atoms with Gasteiger partial charge in [0.1, 0.15) is 18.4 Å². The average Bonchev–Trinajstić information content (AvgIpc) is 2.51. The van der Waals surface area contributed by atoms with Gasteiger partial charge in [-0.25, -0.2) is 9.97 Å². The van der Waals surface area contributed by atoms with Crippen LogP contribution in [0.1, 0.15) is 20.8 Å². The van der Waals surface area contributed by atoms with E-state index in [1.54, 1.807) is 12.4 Å². The molecule has 0 aliphatic rings. The lowest BCUT2D eigenvalue weighted by molar-refractivity contribution is 0.0979. The fourth-order valence-electron chi connectivity index (χ4n) is 1.88. The van der Waals surface area contributed by atoms with E-state index >= 15 is 0 Å². The van der Waals surface area contributed by atoms with E-state index in [9.17, 15) is 5.11 Å². The highest BCUT2D eigenvalue weighted by Crippen LogP contribution is 2.24. The summed E-state index contributed by atoms with van der Waals surface area (Å²) >= 11 is 0. The Labute approximate surface area is 131 Å². The zero-order chi connectivity index (χ0) is 16.0. The molecule has 2 N–H and O–H groups in total. The molecular formula is C17H23N3O2. The van der Waals surface area contributed by atoms with E-state index < -0.39 is 6.10 Å². The summed E-state index contributed by atoms with van der Waals surface area (Å²) in [6.45, 7) is 6.79. The Morgan fingerprint density at radius 3 is 2.50 bits per heavy atom. The van der Waals surface area contributed by atoms with E-state index in [0.29, 0.717) is 18.1 Å². The predicted octanol–water partition coefficient (Wildman–Crippen LogP) is 2.27. The summed E-state index contributed by atoms with van der Waals surface area (Å²) in [6, 6.07) is 9.73. The van der Waals surface area contributed by atoms with Crippen molar-refractivity contribution < 1.29 is 9.84 Å². The lowest BCUT2D eigenvalue weighted by Crippen LogP contribution is -2.42. The summed E-state index contributed by atoms with van der Waals surface area (Å²) in [5.41, 5.74) is 1.58. The molecule has 1 aromatic heterocycles. The molecule has 2 aromatic rings. The monoisotopic (exact) mass is 301 g/mol. The van der Waals surface area contributed by atoms with Gasteiger partial charge in [-0.2, -0.15) is 0 Å². The van der Waals surface area contributed by atoms with Crippen molar-refractivity contribution in [3.63, 3.8) is 0 Å². The van der Waals surface area contributed by atoms with Crippen molar-refractivity contribution in [2.75, 3.05) is 13.2 Å². The van der Waals surface area contributed by atoms with Gasteiger partial charge < -0.3 is 15.2 Å². The lowest BCUT2D eigenvalue weighted by Gasteiger charge is -2.23. The molecule has 5 nitrogen and oxygen atoms in total. The van der Waals surface area contributed by atoms with Crippen LogP contribution in [0.4, 0.5) is 0 Å². The highest BCUT2D eigenvalue weighted by Gasteiger charge is 2.14. The van der Waals surface area contributed by atoms with E-state index in [1.807, 2.05) is 30.3 Å². The highest BCUT2D eigenvalue weighted by atomic mass is 16.5. The molecule has 0 saturated heterocycles. The van der Waals surface area contributed by atoms with E-state index in [4.69, 9.17) is 4.74 Å². The van der Waals surface area contributed by atoms with Gasteiger partial charge in [0.2, 0.25) is 5.88 Å². The smallest absolute Gasteiger partial charge is 0.240 e. The highest BCUT2D eigenvalue weighted by molar-refractivity contribution is 5.63. The average molecular weight is 301 g/mol. The Hall–Kier alpha value is -1.98. The minimum Gasteiger partial charge on any atom is -0.473 e. The summed E-state index contributed by atoms with van der Waals surface area (Å²) in [5, 5.41) is 13.2. The van der Waals surface area contributed by atoms with E-state index in [0.717, 1.165) is 5.56 Å². The number of hydrogen-bond acceptors (Lipinski definition) is 5. The molecule has 22 heavy (non-hydrogen) atoms. The van der Waals surface area contributed by atoms with Crippen molar-refractivity contribution in [1.29, 1.82) is 0 Å². The van der Waals surface area contributed by atoms with Crippen LogP contribution in [0.2, 0.25) is 0 Å². The van der Waals surface area contributed by atoms with Gasteiger partial charge in [0.15, 0.2) is 0 Å². The van der Waals surface area contributed by atoms with Crippen LogP contribution < -0.4 is 10.1 Å². The summed E-state index contributed by atoms with van der Waals surface area (Å²) in [4.78, 5) is 8.55. The lowest BCUT2D eigenvalue weighted by atomic mass is 10.1. The van der Waals surface area contributed by atoms with Gasteiger partial charge in [-0.15, -0.1) is 0 Å². The molecule has 1 aromatic carbocycles. The maximum Gasteiger partial charge on any atom is 0.240 e. The molecule has 0 radical (unpaired) electrons. The molecule has 0 bridgehead atoms. The van der Waals surface area contributed by atoms with Crippen LogP contribution in [0.25, 0.3) is 11.3 Å². The second kappa shape index (κ2) is 7.33. The summed E-state index contributed by atoms with van der Waals surface area (Å²) < 4.78 is 5.65. The minimum absolute atomic E-state index is 0.0390. The van der Waals surface area contributed by atoms with Gasteiger partial charge >= 0.3 is 0 Å². The van der Waals surface area contributed by atoms with E-state index in [2.05, 4.69) is 36.1 Å². The molecule has 1 atom stereocenters. The number of aromatic nitrogens is 2. The standard InChI is InChI=1S/C17H23N3O2/c1-17(2,3)20-11-14(21)12-22-16-15(18-9-10-19-16)13-7-5-4-6-8-13/h4-10,14,20-21H,11-12H2,1-3H3/t14-/m0/s1. The zero-order valence-electron chi connectivity index (χ0n) is 13.3. The first kappa shape index (κ1) is 16.4. The van der Waals surface area contributed by atoms with Crippen LogP contribution in [-0.2, 0) is 0 Å². The van der Waals surface area contributed by atoms with Crippen molar-refractivity contribution >= 4 is 0 Å². The molecule has 0 saturated carbocycles. The third-order valence-electron chi connectivity index (χ3n) is 2.99. The Bertz CT molecular complexity index is 582. The molecule has 2 rings (SSSR count). The molecule has 1 heterocycles. The molecule has 0 unspecified atom stereocenters. The maximum atomic E-state index is 10.00. The SMILES string of the molecule is CC(C)(C)NC[C@H](O)COc1nccnc1-c1ccccc1. The minimum atomic E-state index is -0.607. The van der Waals surface area contributed by atoms with Gasteiger partial charge in [-0.05, 0) is 20.8 Å². The van der Waals surface area contributed by atoms with Gasteiger partial charge in [0.25, 0.3) is 0 Å². The van der Waals surface area contributed by atoms with Gasteiger partial charge in [-0.3, -0.25) is 0 Å². The number of nitrogens with zero attached hydrogens (tertiary/aromatic N) is 2. The quantitative estimate of drug-likeness (QED) is 0.857. The van der Waals surface area contributed by atoms with E-state index in [-0.39, 0.29) is 12.1 Å². The number of nitrogens with one attached hydrogen (secondary N) is 1. The van der Waals surface area contributed by atoms with Crippen LogP contribution in [0.5, 0.6) is 5.88 Å². The molecule has 0 spiro atoms. The maximum absolute atomic E-state index is 10.00. The third kappa shape index (κ3) is 5.09. The number of rotatable bonds is 6. The first-order valence-electron chi connectivity index (χ1n) is 7.38. The summed E-state index contributed by atoms with van der Waals surface area (Å²) in [5.74, 6) is 0.434. The molecule has 0 amide bonds. The van der Waals surface area contributed by atoms with Gasteiger partial charge in [-0.1, -0.05) is 30.3 Å². The predicted molar refractivity (Wildman–Crippen MR) is 86.7 cm³/mol. The Morgan fingerprint density at radius 1 is 1.14 bits per heavy atom. The number of aliphatic hydroxyl groups is 1. The second-order valence-corrected chi connectivity index (χ2v) is 6.17. The second-order valence-electron chi connectivity index (χ2n) is 6.17. The molecule has 5 heteroatoms. The number of β-amino-alcohol motifs (C(OH)–C–C–N with tert-alkyl or cyclic N) is 1. The van der Waals surface area contributed by atoms with Gasteiger partial charge in [0.05, 0.1) is 0 Å². The van der Waals surface area contributed by atoms with Crippen molar-refractivity contribution in [2.24, 2.45) is 0 Å². The first-order chi connectivity index (χ1) is 10.5. The first-order valence-corrected chi connectivity index (χ1v) is 7.38. The largest absolute Gasteiger partial charge is 0.473 e. The number of ether oxygens (including phenoxy) is 1. The fraction of sp³-hybridized carbons (Fsp3) is 0.412. The van der Waals surface area contributed by atoms with Crippen molar-refractivity contribution in [3.05, 3.63) is 42.7 Å². The zero-order valence-corrected chi connectivity index (χ0v) is 13.3. The van der Waals surface area contributed by atoms with E-state index in [1.165, 1.54) is 0 Å². The summed E-state index contributed by atoms with van der Waals surface area (Å²) in [6.07, 6.45) is 2.61. The van der Waals surface area contributed by atoms with Crippen LogP contribution in [0, 0.1) is 0 Å². The number of hydrogen-bond donors (Lipinski definition) is 2. The summed E-state index contributed by atoms with van der Waals surface area (Å²) in [7, 11) is 0.